The molecular weight excluding hydrogens is 234 g/mol. The van der Waals surface area contributed by atoms with Crippen molar-refractivity contribution < 1.29 is 8.42 Å². The van der Waals surface area contributed by atoms with Crippen molar-refractivity contribution in [1.29, 1.82) is 5.26 Å². The van der Waals surface area contributed by atoms with Crippen LogP contribution in [0.3, 0.4) is 0 Å². The van der Waals surface area contributed by atoms with Gasteiger partial charge in [-0.15, -0.1) is 0 Å². The molecule has 0 fully saturated rings. The molecule has 17 heavy (non-hydrogen) atoms. The van der Waals surface area contributed by atoms with E-state index in [9.17, 15) is 8.42 Å². The number of nitrogens with zero attached hydrogens (tertiary/aromatic N) is 1. The lowest BCUT2D eigenvalue weighted by Gasteiger charge is -2.12. The minimum atomic E-state index is -3.13. The minimum Gasteiger partial charge on any atom is -0.228 e. The SMILES string of the molecule is CC[CH]CS(=O)(=O)C(C)c1ccc(C#N)cc1. The molecule has 1 atom stereocenters. The summed E-state index contributed by atoms with van der Waals surface area (Å²) < 4.78 is 23.9. The molecule has 0 aliphatic rings. The molecule has 0 bridgehead atoms. The Hall–Kier alpha value is -1.34. The van der Waals surface area contributed by atoms with Crippen LogP contribution in [0, 0.1) is 17.8 Å². The third kappa shape index (κ3) is 3.57. The van der Waals surface area contributed by atoms with E-state index in [1.54, 1.807) is 37.6 Å². The van der Waals surface area contributed by atoms with Crippen LogP contribution in [0.4, 0.5) is 0 Å². The second-order valence-corrected chi connectivity index (χ2v) is 6.27. The highest BCUT2D eigenvalue weighted by molar-refractivity contribution is 7.91. The zero-order valence-electron chi connectivity index (χ0n) is 10.1. The standard InChI is InChI=1S/C13H16NO2S/c1-3-4-9-17(15,16)11(2)13-7-5-12(10-14)6-8-13/h4-8,11H,3,9H2,1-2H3. The van der Waals surface area contributed by atoms with Crippen LogP contribution in [-0.2, 0) is 9.84 Å². The molecule has 3 nitrogen and oxygen atoms in total. The van der Waals surface area contributed by atoms with E-state index in [4.69, 9.17) is 5.26 Å². The highest BCUT2D eigenvalue weighted by atomic mass is 32.2. The Labute approximate surface area is 103 Å². The maximum absolute atomic E-state index is 11.9. The zero-order valence-corrected chi connectivity index (χ0v) is 10.9. The monoisotopic (exact) mass is 250 g/mol. The molecule has 4 heteroatoms. The largest absolute Gasteiger partial charge is 0.228 e. The fraction of sp³-hybridized carbons (Fsp3) is 0.385. The molecule has 1 rings (SSSR count). The van der Waals surface area contributed by atoms with E-state index in [1.807, 2.05) is 13.0 Å². The first kappa shape index (κ1) is 13.7. The molecule has 0 amide bonds. The van der Waals surface area contributed by atoms with E-state index in [2.05, 4.69) is 0 Å². The van der Waals surface area contributed by atoms with E-state index in [-0.39, 0.29) is 5.75 Å². The van der Waals surface area contributed by atoms with Crippen LogP contribution in [0.2, 0.25) is 0 Å². The molecule has 1 unspecified atom stereocenters. The van der Waals surface area contributed by atoms with Crippen LogP contribution < -0.4 is 0 Å². The number of benzene rings is 1. The minimum absolute atomic E-state index is 0.102. The number of hydrogen-bond acceptors (Lipinski definition) is 3. The number of rotatable bonds is 5. The first-order valence-electron chi connectivity index (χ1n) is 5.54. The Kier molecular flexibility index (Phi) is 4.71. The molecule has 1 aromatic carbocycles. The molecule has 1 aromatic rings. The summed E-state index contributed by atoms with van der Waals surface area (Å²) in [6, 6.07) is 8.70. The first-order chi connectivity index (χ1) is 8.01. The van der Waals surface area contributed by atoms with Crippen molar-refractivity contribution in [2.45, 2.75) is 25.5 Å². The number of sulfone groups is 1. The van der Waals surface area contributed by atoms with Crippen molar-refractivity contribution in [3.05, 3.63) is 41.8 Å². The Morgan fingerprint density at radius 1 is 1.35 bits per heavy atom. The fourth-order valence-corrected chi connectivity index (χ4v) is 2.89. The van der Waals surface area contributed by atoms with Gasteiger partial charge in [-0.05, 0) is 31.0 Å². The summed E-state index contributed by atoms with van der Waals surface area (Å²) in [4.78, 5) is 0. The van der Waals surface area contributed by atoms with Crippen molar-refractivity contribution >= 4 is 9.84 Å². The second-order valence-electron chi connectivity index (χ2n) is 3.90. The Morgan fingerprint density at radius 2 is 1.94 bits per heavy atom. The van der Waals surface area contributed by atoms with Crippen molar-refractivity contribution in [2.75, 3.05) is 5.75 Å². The normalized spacial score (nSPS) is 13.0. The van der Waals surface area contributed by atoms with Gasteiger partial charge in [-0.2, -0.15) is 5.26 Å². The molecule has 0 aliphatic heterocycles. The summed E-state index contributed by atoms with van der Waals surface area (Å²) in [7, 11) is -3.13. The lowest BCUT2D eigenvalue weighted by Crippen LogP contribution is -2.14. The Balaban J connectivity index is 2.88. The van der Waals surface area contributed by atoms with Gasteiger partial charge in [-0.25, -0.2) is 8.42 Å². The number of hydrogen-bond donors (Lipinski definition) is 0. The molecule has 91 valence electrons. The van der Waals surface area contributed by atoms with E-state index in [1.165, 1.54) is 0 Å². The average Bonchev–Trinajstić information content (AvgIpc) is 2.35. The Bertz CT molecular complexity index is 497. The zero-order chi connectivity index (χ0) is 12.9. The van der Waals surface area contributed by atoms with Crippen molar-refractivity contribution in [3.8, 4) is 6.07 Å². The molecule has 0 heterocycles. The highest BCUT2D eigenvalue weighted by Gasteiger charge is 2.21. The smallest absolute Gasteiger partial charge is 0.157 e. The van der Waals surface area contributed by atoms with Gasteiger partial charge in [0.15, 0.2) is 9.84 Å². The van der Waals surface area contributed by atoms with E-state index in [0.29, 0.717) is 5.56 Å². The maximum Gasteiger partial charge on any atom is 0.157 e. The molecular formula is C13H16NO2S. The summed E-state index contributed by atoms with van der Waals surface area (Å²) in [5, 5.41) is 8.14. The van der Waals surface area contributed by atoms with Gasteiger partial charge in [0.1, 0.15) is 0 Å². The van der Waals surface area contributed by atoms with Gasteiger partial charge < -0.3 is 0 Å². The summed E-state index contributed by atoms with van der Waals surface area (Å²) in [6.07, 6.45) is 2.51. The van der Waals surface area contributed by atoms with E-state index >= 15 is 0 Å². The fourth-order valence-electron chi connectivity index (χ4n) is 1.46. The summed E-state index contributed by atoms with van der Waals surface area (Å²) >= 11 is 0. The van der Waals surface area contributed by atoms with Crippen LogP contribution in [0.1, 0.15) is 36.6 Å². The van der Waals surface area contributed by atoms with Gasteiger partial charge in [0.25, 0.3) is 0 Å². The maximum atomic E-state index is 11.9. The van der Waals surface area contributed by atoms with E-state index in [0.717, 1.165) is 12.0 Å². The Morgan fingerprint density at radius 3 is 2.41 bits per heavy atom. The van der Waals surface area contributed by atoms with Crippen LogP contribution in [0.15, 0.2) is 24.3 Å². The van der Waals surface area contributed by atoms with Gasteiger partial charge in [0.05, 0.1) is 22.6 Å². The molecule has 0 saturated heterocycles. The predicted octanol–water partition coefficient (Wildman–Crippen LogP) is 2.65. The van der Waals surface area contributed by atoms with Crippen LogP contribution in [0.5, 0.6) is 0 Å². The lowest BCUT2D eigenvalue weighted by molar-refractivity contribution is 0.587. The van der Waals surface area contributed by atoms with Gasteiger partial charge >= 0.3 is 0 Å². The molecule has 0 spiro atoms. The van der Waals surface area contributed by atoms with Crippen molar-refractivity contribution in [3.63, 3.8) is 0 Å². The average molecular weight is 250 g/mol. The van der Waals surface area contributed by atoms with E-state index < -0.39 is 15.1 Å². The molecule has 0 saturated carbocycles. The summed E-state index contributed by atoms with van der Waals surface area (Å²) in [5.74, 6) is 0.102. The third-order valence-electron chi connectivity index (χ3n) is 2.69. The molecule has 0 aliphatic carbocycles. The van der Waals surface area contributed by atoms with Gasteiger partial charge in [-0.1, -0.05) is 25.5 Å². The topological polar surface area (TPSA) is 57.9 Å². The summed E-state index contributed by atoms with van der Waals surface area (Å²) in [6.45, 7) is 3.60. The van der Waals surface area contributed by atoms with Gasteiger partial charge in [0, 0.05) is 0 Å². The molecule has 1 radical (unpaired) electrons. The van der Waals surface area contributed by atoms with Crippen LogP contribution in [-0.4, -0.2) is 14.2 Å². The number of nitriles is 1. The summed E-state index contributed by atoms with van der Waals surface area (Å²) in [5.41, 5.74) is 1.27. The third-order valence-corrected chi connectivity index (χ3v) is 4.74. The van der Waals surface area contributed by atoms with Gasteiger partial charge in [-0.3, -0.25) is 0 Å². The van der Waals surface area contributed by atoms with Crippen molar-refractivity contribution in [1.82, 2.24) is 0 Å². The van der Waals surface area contributed by atoms with Gasteiger partial charge in [0.2, 0.25) is 0 Å². The number of unbranched alkanes of at least 4 members (excludes halogenated alkanes) is 1. The molecule has 0 aromatic heterocycles. The van der Waals surface area contributed by atoms with Crippen LogP contribution >= 0.6 is 0 Å². The van der Waals surface area contributed by atoms with Crippen LogP contribution in [0.25, 0.3) is 0 Å². The van der Waals surface area contributed by atoms with Crippen molar-refractivity contribution in [2.24, 2.45) is 0 Å². The highest BCUT2D eigenvalue weighted by Crippen LogP contribution is 2.23. The second kappa shape index (κ2) is 5.83. The molecule has 0 N–H and O–H groups in total. The predicted molar refractivity (Wildman–Crippen MR) is 67.9 cm³/mol. The quantitative estimate of drug-likeness (QED) is 0.807. The first-order valence-corrected chi connectivity index (χ1v) is 7.26. The lowest BCUT2D eigenvalue weighted by atomic mass is 10.1.